The number of methoxy groups -OCH3 is 1. The lowest BCUT2D eigenvalue weighted by Crippen LogP contribution is -2.60. The number of nitrogens with zero attached hydrogens (tertiary/aromatic N) is 2. The number of benzene rings is 2. The van der Waals surface area contributed by atoms with Crippen molar-refractivity contribution in [1.29, 1.82) is 0 Å². The first-order chi connectivity index (χ1) is 28.2. The van der Waals surface area contributed by atoms with E-state index in [9.17, 15) is 27.6 Å². The maximum absolute atomic E-state index is 14.8. The number of aromatic nitrogens is 1. The molecule has 7 rings (SSSR count). The molecular formula is C45H57N5O9S. The summed E-state index contributed by atoms with van der Waals surface area (Å²) in [5.74, 6) is -1.14. The molecule has 2 aromatic carbocycles. The number of hydrogen-bond acceptors (Lipinski definition) is 10. The molecule has 5 atom stereocenters. The summed E-state index contributed by atoms with van der Waals surface area (Å²) >= 11 is 0. The molecule has 3 N–H and O–H groups in total. The van der Waals surface area contributed by atoms with Crippen molar-refractivity contribution in [2.45, 2.75) is 126 Å². The van der Waals surface area contributed by atoms with Crippen molar-refractivity contribution < 1.29 is 41.8 Å². The lowest BCUT2D eigenvalue weighted by molar-refractivity contribution is -0.143. The van der Waals surface area contributed by atoms with E-state index in [0.717, 1.165) is 29.5 Å². The second-order valence-electron chi connectivity index (χ2n) is 18.9. The van der Waals surface area contributed by atoms with Gasteiger partial charge in [-0.25, -0.2) is 13.2 Å². The summed E-state index contributed by atoms with van der Waals surface area (Å²) in [4.78, 5) is 62.9. The normalized spacial score (nSPS) is 23.9. The fourth-order valence-electron chi connectivity index (χ4n) is 8.11. The van der Waals surface area contributed by atoms with E-state index in [1.165, 1.54) is 11.0 Å². The number of rotatable bonds is 14. The number of likely N-dealkylation sites (tertiary alicyclic amines) is 1. The van der Waals surface area contributed by atoms with E-state index in [-0.39, 0.29) is 25.8 Å². The minimum atomic E-state index is -4.16. The van der Waals surface area contributed by atoms with Crippen molar-refractivity contribution in [3.8, 4) is 11.5 Å². The Balaban J connectivity index is 1.17. The molecule has 3 aliphatic carbocycles. The smallest absolute Gasteiger partial charge is 0.408 e. The van der Waals surface area contributed by atoms with E-state index in [0.29, 0.717) is 35.8 Å². The first kappa shape index (κ1) is 42.9. The lowest BCUT2D eigenvalue weighted by atomic mass is 9.85. The van der Waals surface area contributed by atoms with Gasteiger partial charge in [0.2, 0.25) is 21.8 Å². The van der Waals surface area contributed by atoms with Crippen LogP contribution in [0.5, 0.6) is 11.5 Å². The molecule has 0 bridgehead atoms. The second kappa shape index (κ2) is 15.7. The topological polar surface area (TPSA) is 182 Å². The number of sulfonamides is 1. The molecule has 4 aliphatic rings. The van der Waals surface area contributed by atoms with Crippen molar-refractivity contribution in [3.05, 3.63) is 78.5 Å². The van der Waals surface area contributed by atoms with Gasteiger partial charge in [0.25, 0.3) is 5.91 Å². The minimum absolute atomic E-state index is 0.0291. The average Bonchev–Trinajstić information content (AvgIpc) is 4.10. The van der Waals surface area contributed by atoms with Gasteiger partial charge in [0.1, 0.15) is 40.8 Å². The van der Waals surface area contributed by atoms with Crippen LogP contribution < -0.4 is 24.8 Å². The van der Waals surface area contributed by atoms with Crippen LogP contribution in [0, 0.1) is 11.3 Å². The number of nitrogens with one attached hydrogen (secondary N) is 3. The van der Waals surface area contributed by atoms with Gasteiger partial charge in [0.05, 0.1) is 23.9 Å². The van der Waals surface area contributed by atoms with Crippen LogP contribution in [0.1, 0.15) is 97.2 Å². The third kappa shape index (κ3) is 8.96. The summed E-state index contributed by atoms with van der Waals surface area (Å²) in [6.07, 6.45) is 3.23. The van der Waals surface area contributed by atoms with Crippen molar-refractivity contribution in [3.63, 3.8) is 0 Å². The third-order valence-corrected chi connectivity index (χ3v) is 14.1. The van der Waals surface area contributed by atoms with Crippen LogP contribution in [0.2, 0.25) is 0 Å². The van der Waals surface area contributed by atoms with Crippen molar-refractivity contribution >= 4 is 44.7 Å². The fraction of sp³-hybridized carbons (Fsp3) is 0.533. The Bertz CT molecular complexity index is 2300. The molecule has 15 heteroatoms. The predicted octanol–water partition coefficient (Wildman–Crippen LogP) is 5.69. The summed E-state index contributed by atoms with van der Waals surface area (Å²) in [6, 6.07) is 14.4. The zero-order valence-electron chi connectivity index (χ0n) is 35.5. The molecule has 4 fully saturated rings. The maximum atomic E-state index is 14.8. The van der Waals surface area contributed by atoms with E-state index in [2.05, 4.69) is 21.9 Å². The number of amides is 4. The minimum Gasteiger partial charge on any atom is -0.497 e. The average molecular weight is 844 g/mol. The molecule has 60 heavy (non-hydrogen) atoms. The van der Waals surface area contributed by atoms with Gasteiger partial charge >= 0.3 is 6.09 Å². The number of ether oxygens (including phenoxy) is 3. The van der Waals surface area contributed by atoms with Gasteiger partial charge in [-0.15, -0.1) is 6.58 Å². The monoisotopic (exact) mass is 843 g/mol. The Hall–Kier alpha value is -5.18. The molecule has 0 unspecified atom stereocenters. The van der Waals surface area contributed by atoms with Gasteiger partial charge < -0.3 is 29.7 Å². The van der Waals surface area contributed by atoms with Crippen molar-refractivity contribution in [1.82, 2.24) is 25.2 Å². The predicted molar refractivity (Wildman–Crippen MR) is 226 cm³/mol. The van der Waals surface area contributed by atoms with E-state index in [4.69, 9.17) is 19.2 Å². The Morgan fingerprint density at radius 1 is 1.02 bits per heavy atom. The van der Waals surface area contributed by atoms with Crippen LogP contribution in [0.25, 0.3) is 10.9 Å². The molecule has 0 radical (unpaired) electrons. The molecule has 1 aromatic heterocycles. The highest BCUT2D eigenvalue weighted by Crippen LogP contribution is 2.49. The first-order valence-electron chi connectivity index (χ1n) is 20.7. The molecule has 0 spiro atoms. The number of carbonyl (C=O) groups excluding carboxylic acids is 4. The van der Waals surface area contributed by atoms with Crippen LogP contribution in [-0.2, 0) is 35.6 Å². The molecule has 2 heterocycles. The SMILES string of the molecule is C=C[C@@H]1C[C@]1(NC(=O)[C@@H]1C[C@@H](Oc2cc(C3CC3)nc3cc(OC)ccc23)CN1C(=O)[C@@H](NC(=O)OC(C)(C)C)C(C)(C)C)C(=O)NS(=O)(=O)C1(Cc2ccccc2)CC1. The zero-order valence-corrected chi connectivity index (χ0v) is 36.3. The van der Waals surface area contributed by atoms with Gasteiger partial charge in [-0.1, -0.05) is 57.2 Å². The van der Waals surface area contributed by atoms with Crippen LogP contribution in [0.15, 0.2) is 67.3 Å². The van der Waals surface area contributed by atoms with Gasteiger partial charge in [-0.3, -0.25) is 24.1 Å². The quantitative estimate of drug-likeness (QED) is 0.171. The maximum Gasteiger partial charge on any atom is 0.408 e. The Labute approximate surface area is 352 Å². The highest BCUT2D eigenvalue weighted by molar-refractivity contribution is 7.91. The summed E-state index contributed by atoms with van der Waals surface area (Å²) in [5, 5.41) is 6.35. The Morgan fingerprint density at radius 2 is 1.72 bits per heavy atom. The van der Waals surface area contributed by atoms with Gasteiger partial charge in [0.15, 0.2) is 0 Å². The van der Waals surface area contributed by atoms with Gasteiger partial charge in [0, 0.05) is 41.5 Å². The van der Waals surface area contributed by atoms with Crippen molar-refractivity contribution in [2.24, 2.45) is 11.3 Å². The third-order valence-electron chi connectivity index (χ3n) is 11.9. The molecule has 1 aliphatic heterocycles. The fourth-order valence-corrected chi connectivity index (χ4v) is 9.75. The summed E-state index contributed by atoms with van der Waals surface area (Å²) in [5.41, 5.74) is -0.870. The highest BCUT2D eigenvalue weighted by Gasteiger charge is 2.63. The van der Waals surface area contributed by atoms with E-state index in [1.807, 2.05) is 54.6 Å². The molecular weight excluding hydrogens is 787 g/mol. The van der Waals surface area contributed by atoms with Gasteiger partial charge in [-0.2, -0.15) is 0 Å². The number of hydrogen-bond donors (Lipinski definition) is 3. The van der Waals surface area contributed by atoms with Crippen LogP contribution >= 0.6 is 0 Å². The summed E-state index contributed by atoms with van der Waals surface area (Å²) < 4.78 is 46.6. The largest absolute Gasteiger partial charge is 0.497 e. The van der Waals surface area contributed by atoms with Crippen LogP contribution in [0.3, 0.4) is 0 Å². The summed E-state index contributed by atoms with van der Waals surface area (Å²) in [6.45, 7) is 14.4. The van der Waals surface area contributed by atoms with Crippen molar-refractivity contribution in [2.75, 3.05) is 13.7 Å². The molecule has 3 saturated carbocycles. The molecule has 322 valence electrons. The van der Waals surface area contributed by atoms with E-state index >= 15 is 0 Å². The second-order valence-corrected chi connectivity index (χ2v) is 21.0. The number of carbonyl (C=O) groups is 4. The molecule has 3 aromatic rings. The lowest BCUT2D eigenvalue weighted by Gasteiger charge is -2.36. The molecule has 4 amide bonds. The molecule has 1 saturated heterocycles. The van der Waals surface area contributed by atoms with Crippen LogP contribution in [-0.4, -0.2) is 89.8 Å². The van der Waals surface area contributed by atoms with E-state index < -0.39 is 79.2 Å². The highest BCUT2D eigenvalue weighted by atomic mass is 32.2. The van der Waals surface area contributed by atoms with Gasteiger partial charge in [-0.05, 0) is 82.4 Å². The standard InChI is InChI=1S/C45H57N5O9S/c1-9-29-25-45(29,40(53)49-60(55,56)44(19-20-44)24-27-13-11-10-12-14-27)48-38(51)35-22-31(26-50(35)39(52)37(42(2,3)4)47-41(54)59-43(5,6)7)58-36-23-33(28-15-16-28)46-34-21-30(57-8)17-18-32(34)36/h9-14,17-18,21,23,28-29,31,35,37H,1,15-16,19-20,22,24-26H2,2-8H3,(H,47,54)(H,48,51)(H,49,53)/t29-,31-,35+,37-,45-/m1/s1. The number of fused-ring (bicyclic) bond motifs is 1. The van der Waals surface area contributed by atoms with Crippen LogP contribution in [0.4, 0.5) is 4.79 Å². The Morgan fingerprint density at radius 3 is 2.30 bits per heavy atom. The zero-order chi connectivity index (χ0) is 43.4. The number of alkyl carbamates (subject to hydrolysis) is 1. The van der Waals surface area contributed by atoms with E-state index in [1.54, 1.807) is 48.7 Å². The Kier molecular flexibility index (Phi) is 11.2. The molecule has 14 nitrogen and oxygen atoms in total. The first-order valence-corrected chi connectivity index (χ1v) is 22.2. The summed E-state index contributed by atoms with van der Waals surface area (Å²) in [7, 11) is -2.57. The number of pyridine rings is 1.